The van der Waals surface area contributed by atoms with Crippen LogP contribution in [-0.4, -0.2) is 28.5 Å². The van der Waals surface area contributed by atoms with Crippen LogP contribution >= 0.6 is 11.3 Å². The van der Waals surface area contributed by atoms with Crippen molar-refractivity contribution in [3.05, 3.63) is 29.0 Å². The third-order valence-corrected chi connectivity index (χ3v) is 3.54. The van der Waals surface area contributed by atoms with Gasteiger partial charge in [0.25, 0.3) is 5.91 Å². The molecule has 0 aliphatic heterocycles. The molecule has 7 heteroatoms. The van der Waals surface area contributed by atoms with Gasteiger partial charge in [0, 0.05) is 11.9 Å². The topological polar surface area (TPSA) is 92.4 Å². The molecule has 6 nitrogen and oxygen atoms in total. The van der Waals surface area contributed by atoms with E-state index in [2.05, 4.69) is 10.3 Å². The van der Waals surface area contributed by atoms with Crippen molar-refractivity contribution < 1.29 is 19.1 Å². The molecule has 2 rings (SSSR count). The molecular formula is C13H14N2O4S. The van der Waals surface area contributed by atoms with E-state index in [9.17, 15) is 9.59 Å². The van der Waals surface area contributed by atoms with E-state index in [-0.39, 0.29) is 18.1 Å². The fourth-order valence-corrected chi connectivity index (χ4v) is 2.22. The SMILES string of the molecule is Cc1ccc(-c2nc(C(=O)NCC(C)C(=O)O)cs2)o1. The molecule has 0 fully saturated rings. The van der Waals surface area contributed by atoms with E-state index in [1.807, 2.05) is 13.0 Å². The molecule has 2 aromatic heterocycles. The summed E-state index contributed by atoms with van der Waals surface area (Å²) in [4.78, 5) is 26.7. The Morgan fingerprint density at radius 1 is 1.50 bits per heavy atom. The average Bonchev–Trinajstić information content (AvgIpc) is 3.03. The summed E-state index contributed by atoms with van der Waals surface area (Å²) in [5, 5.41) is 13.5. The van der Waals surface area contributed by atoms with E-state index < -0.39 is 11.9 Å². The standard InChI is InChI=1S/C13H14N2O4S/c1-7(13(17)18)5-14-11(16)9-6-20-12(15-9)10-4-3-8(2)19-10/h3-4,6-7H,5H2,1-2H3,(H,14,16)(H,17,18). The molecule has 0 radical (unpaired) electrons. The maximum atomic E-state index is 11.8. The Kier molecular flexibility index (Phi) is 4.19. The number of hydrogen-bond donors (Lipinski definition) is 2. The van der Waals surface area contributed by atoms with Crippen LogP contribution in [-0.2, 0) is 4.79 Å². The van der Waals surface area contributed by atoms with Gasteiger partial charge in [0.05, 0.1) is 5.92 Å². The maximum absolute atomic E-state index is 11.8. The van der Waals surface area contributed by atoms with Gasteiger partial charge in [0.15, 0.2) is 10.8 Å². The molecule has 2 N–H and O–H groups in total. The highest BCUT2D eigenvalue weighted by Gasteiger charge is 2.16. The Balaban J connectivity index is 2.01. The zero-order chi connectivity index (χ0) is 14.7. The number of furan rings is 1. The number of amides is 1. The van der Waals surface area contributed by atoms with Crippen LogP contribution in [0, 0.1) is 12.8 Å². The molecule has 0 aromatic carbocycles. The van der Waals surface area contributed by atoms with Crippen LogP contribution in [0.25, 0.3) is 10.8 Å². The van der Waals surface area contributed by atoms with E-state index in [0.717, 1.165) is 5.76 Å². The molecule has 0 saturated heterocycles. The van der Waals surface area contributed by atoms with E-state index in [1.165, 1.54) is 18.3 Å². The fraction of sp³-hybridized carbons (Fsp3) is 0.308. The van der Waals surface area contributed by atoms with Crippen molar-refractivity contribution in [2.24, 2.45) is 5.92 Å². The Morgan fingerprint density at radius 3 is 2.85 bits per heavy atom. The highest BCUT2D eigenvalue weighted by atomic mass is 32.1. The van der Waals surface area contributed by atoms with E-state index >= 15 is 0 Å². The average molecular weight is 294 g/mol. The van der Waals surface area contributed by atoms with Gasteiger partial charge in [-0.1, -0.05) is 6.92 Å². The predicted octanol–water partition coefficient (Wildman–Crippen LogP) is 2.16. The molecule has 0 spiro atoms. The molecule has 1 unspecified atom stereocenters. The summed E-state index contributed by atoms with van der Waals surface area (Å²) in [6, 6.07) is 3.62. The first-order chi connectivity index (χ1) is 9.47. The molecule has 106 valence electrons. The van der Waals surface area contributed by atoms with E-state index in [4.69, 9.17) is 9.52 Å². The smallest absolute Gasteiger partial charge is 0.308 e. The second-order valence-electron chi connectivity index (χ2n) is 4.40. The number of hydrogen-bond acceptors (Lipinski definition) is 5. The first-order valence-corrected chi connectivity index (χ1v) is 6.88. The molecule has 2 aromatic rings. The summed E-state index contributed by atoms with van der Waals surface area (Å²) in [6.45, 7) is 3.43. The Morgan fingerprint density at radius 2 is 2.25 bits per heavy atom. The molecule has 2 heterocycles. The number of aromatic nitrogens is 1. The molecular weight excluding hydrogens is 280 g/mol. The Hall–Kier alpha value is -2.15. The molecule has 0 bridgehead atoms. The summed E-state index contributed by atoms with van der Waals surface area (Å²) in [5.41, 5.74) is 0.261. The third-order valence-electron chi connectivity index (χ3n) is 2.68. The van der Waals surface area contributed by atoms with Crippen LogP contribution in [0.15, 0.2) is 21.9 Å². The van der Waals surface area contributed by atoms with Gasteiger partial charge >= 0.3 is 5.97 Å². The molecule has 0 aliphatic carbocycles. The Bertz CT molecular complexity index is 632. The minimum absolute atomic E-state index is 0.0703. The second-order valence-corrected chi connectivity index (χ2v) is 5.26. The van der Waals surface area contributed by atoms with Gasteiger partial charge < -0.3 is 14.8 Å². The van der Waals surface area contributed by atoms with Crippen LogP contribution < -0.4 is 5.32 Å². The number of nitrogens with zero attached hydrogens (tertiary/aromatic N) is 1. The van der Waals surface area contributed by atoms with Crippen molar-refractivity contribution in [2.45, 2.75) is 13.8 Å². The minimum atomic E-state index is -0.949. The normalized spacial score (nSPS) is 12.1. The first-order valence-electron chi connectivity index (χ1n) is 6.00. The summed E-state index contributed by atoms with van der Waals surface area (Å²) in [6.07, 6.45) is 0. The quantitative estimate of drug-likeness (QED) is 0.881. The second kappa shape index (κ2) is 5.87. The van der Waals surface area contributed by atoms with Gasteiger partial charge in [0.2, 0.25) is 0 Å². The van der Waals surface area contributed by atoms with Crippen molar-refractivity contribution in [1.82, 2.24) is 10.3 Å². The van der Waals surface area contributed by atoms with Crippen LogP contribution in [0.4, 0.5) is 0 Å². The number of aliphatic carboxylic acids is 1. The summed E-state index contributed by atoms with van der Waals surface area (Å²) < 4.78 is 5.43. The number of carboxylic acids is 1. The van der Waals surface area contributed by atoms with Crippen LogP contribution in [0.2, 0.25) is 0 Å². The number of nitrogens with one attached hydrogen (secondary N) is 1. The fourth-order valence-electron chi connectivity index (χ4n) is 1.46. The van der Waals surface area contributed by atoms with Gasteiger partial charge in [0.1, 0.15) is 11.5 Å². The number of rotatable bonds is 5. The molecule has 1 amide bonds. The highest BCUT2D eigenvalue weighted by molar-refractivity contribution is 7.13. The number of carboxylic acid groups (broad SMARTS) is 1. The molecule has 20 heavy (non-hydrogen) atoms. The van der Waals surface area contributed by atoms with Crippen molar-refractivity contribution in [2.75, 3.05) is 6.54 Å². The highest BCUT2D eigenvalue weighted by Crippen LogP contribution is 2.25. The minimum Gasteiger partial charge on any atom is -0.481 e. The monoisotopic (exact) mass is 294 g/mol. The third kappa shape index (κ3) is 3.24. The number of carbonyl (C=O) groups is 2. The van der Waals surface area contributed by atoms with E-state index in [1.54, 1.807) is 11.4 Å². The lowest BCUT2D eigenvalue weighted by molar-refractivity contribution is -0.140. The summed E-state index contributed by atoms with van der Waals surface area (Å²) in [7, 11) is 0. The summed E-state index contributed by atoms with van der Waals surface area (Å²) in [5.74, 6) is -0.578. The van der Waals surface area contributed by atoms with Crippen molar-refractivity contribution in [3.8, 4) is 10.8 Å². The van der Waals surface area contributed by atoms with Gasteiger partial charge in [-0.3, -0.25) is 9.59 Å². The lowest BCUT2D eigenvalue weighted by atomic mass is 10.2. The van der Waals surface area contributed by atoms with Crippen LogP contribution in [0.5, 0.6) is 0 Å². The summed E-state index contributed by atoms with van der Waals surface area (Å²) >= 11 is 1.30. The molecule has 0 aliphatic rings. The lowest BCUT2D eigenvalue weighted by Gasteiger charge is -2.06. The first kappa shape index (κ1) is 14.3. The zero-order valence-electron chi connectivity index (χ0n) is 11.0. The van der Waals surface area contributed by atoms with Crippen molar-refractivity contribution in [1.29, 1.82) is 0 Å². The largest absolute Gasteiger partial charge is 0.481 e. The van der Waals surface area contributed by atoms with Gasteiger partial charge in [-0.05, 0) is 19.1 Å². The van der Waals surface area contributed by atoms with Crippen LogP contribution in [0.1, 0.15) is 23.2 Å². The van der Waals surface area contributed by atoms with Crippen molar-refractivity contribution in [3.63, 3.8) is 0 Å². The van der Waals surface area contributed by atoms with Gasteiger partial charge in [-0.2, -0.15) is 0 Å². The Labute approximate surface area is 119 Å². The number of thiazole rings is 1. The molecule has 0 saturated carbocycles. The molecule has 1 atom stereocenters. The lowest BCUT2D eigenvalue weighted by Crippen LogP contribution is -2.31. The van der Waals surface area contributed by atoms with Crippen molar-refractivity contribution >= 4 is 23.2 Å². The predicted molar refractivity (Wildman–Crippen MR) is 73.7 cm³/mol. The number of carbonyl (C=O) groups excluding carboxylic acids is 1. The zero-order valence-corrected chi connectivity index (χ0v) is 11.9. The van der Waals surface area contributed by atoms with Gasteiger partial charge in [-0.25, -0.2) is 4.98 Å². The van der Waals surface area contributed by atoms with Crippen LogP contribution in [0.3, 0.4) is 0 Å². The van der Waals surface area contributed by atoms with E-state index in [0.29, 0.717) is 10.8 Å². The van der Waals surface area contributed by atoms with Gasteiger partial charge in [-0.15, -0.1) is 11.3 Å². The maximum Gasteiger partial charge on any atom is 0.308 e. The number of aryl methyl sites for hydroxylation is 1.